The average Bonchev–Trinajstić information content (AvgIpc) is 2.29. The Labute approximate surface area is 112 Å². The zero-order valence-corrected chi connectivity index (χ0v) is 11.7. The zero-order valence-electron chi connectivity index (χ0n) is 8.53. The molecule has 0 amide bonds. The summed E-state index contributed by atoms with van der Waals surface area (Å²) in [6, 6.07) is 15.9. The van der Waals surface area contributed by atoms with Crippen LogP contribution in [0.4, 0.5) is 0 Å². The van der Waals surface area contributed by atoms with Gasteiger partial charge in [-0.15, -0.1) is 0 Å². The standard InChI is InChI=1S/C13H11Br2N/c14-11-7-3-1-5-9(11)13(16)10-6-2-4-8-12(10)15/h1-8,13H,16H2. The molecule has 82 valence electrons. The molecule has 0 aliphatic rings. The van der Waals surface area contributed by atoms with E-state index in [0.29, 0.717) is 0 Å². The summed E-state index contributed by atoms with van der Waals surface area (Å²) < 4.78 is 2.08. The van der Waals surface area contributed by atoms with Crippen LogP contribution in [0.2, 0.25) is 0 Å². The largest absolute Gasteiger partial charge is 0.320 e. The van der Waals surface area contributed by atoms with Crippen molar-refractivity contribution in [2.24, 2.45) is 5.73 Å². The highest BCUT2D eigenvalue weighted by molar-refractivity contribution is 9.10. The van der Waals surface area contributed by atoms with Gasteiger partial charge in [0.2, 0.25) is 0 Å². The summed E-state index contributed by atoms with van der Waals surface area (Å²) in [4.78, 5) is 0. The fraction of sp³-hybridized carbons (Fsp3) is 0.0769. The molecule has 0 aliphatic heterocycles. The molecule has 0 atom stereocenters. The fourth-order valence-corrected chi connectivity index (χ4v) is 2.68. The molecule has 0 spiro atoms. The molecule has 0 unspecified atom stereocenters. The second kappa shape index (κ2) is 5.13. The monoisotopic (exact) mass is 339 g/mol. The number of halogens is 2. The van der Waals surface area contributed by atoms with E-state index in [4.69, 9.17) is 5.73 Å². The lowest BCUT2D eigenvalue weighted by atomic mass is 10.00. The summed E-state index contributed by atoms with van der Waals surface area (Å²) >= 11 is 7.05. The minimum Gasteiger partial charge on any atom is -0.320 e. The van der Waals surface area contributed by atoms with Crippen LogP contribution in [0.1, 0.15) is 17.2 Å². The van der Waals surface area contributed by atoms with Crippen LogP contribution in [0.25, 0.3) is 0 Å². The van der Waals surface area contributed by atoms with Crippen molar-refractivity contribution in [3.8, 4) is 0 Å². The molecule has 16 heavy (non-hydrogen) atoms. The van der Waals surface area contributed by atoms with Crippen LogP contribution in [0.3, 0.4) is 0 Å². The highest BCUT2D eigenvalue weighted by Gasteiger charge is 2.13. The average molecular weight is 341 g/mol. The van der Waals surface area contributed by atoms with Crippen LogP contribution in [0.5, 0.6) is 0 Å². The molecule has 2 N–H and O–H groups in total. The Balaban J connectivity index is 2.44. The quantitative estimate of drug-likeness (QED) is 0.868. The van der Waals surface area contributed by atoms with Gasteiger partial charge in [0.05, 0.1) is 6.04 Å². The number of hydrogen-bond acceptors (Lipinski definition) is 1. The lowest BCUT2D eigenvalue weighted by Gasteiger charge is -2.15. The van der Waals surface area contributed by atoms with Crippen LogP contribution in [-0.4, -0.2) is 0 Å². The van der Waals surface area contributed by atoms with E-state index in [1.165, 1.54) is 0 Å². The van der Waals surface area contributed by atoms with Crippen molar-refractivity contribution in [1.29, 1.82) is 0 Å². The van der Waals surface area contributed by atoms with E-state index in [9.17, 15) is 0 Å². The normalized spacial score (nSPS) is 10.8. The molecule has 2 aromatic rings. The Kier molecular flexibility index (Phi) is 3.79. The second-order valence-electron chi connectivity index (χ2n) is 3.52. The van der Waals surface area contributed by atoms with Crippen LogP contribution in [0.15, 0.2) is 57.5 Å². The molecule has 2 rings (SSSR count). The van der Waals surface area contributed by atoms with Crippen LogP contribution in [0, 0.1) is 0 Å². The number of rotatable bonds is 2. The van der Waals surface area contributed by atoms with Gasteiger partial charge in [0.25, 0.3) is 0 Å². The van der Waals surface area contributed by atoms with E-state index in [1.807, 2.05) is 48.5 Å². The van der Waals surface area contributed by atoms with Crippen molar-refractivity contribution in [2.75, 3.05) is 0 Å². The summed E-state index contributed by atoms with van der Waals surface area (Å²) in [5.74, 6) is 0. The fourth-order valence-electron chi connectivity index (χ4n) is 1.62. The molecule has 0 saturated heterocycles. The van der Waals surface area contributed by atoms with Gasteiger partial charge in [-0.25, -0.2) is 0 Å². The molecule has 2 aromatic carbocycles. The smallest absolute Gasteiger partial charge is 0.0574 e. The van der Waals surface area contributed by atoms with Gasteiger partial charge in [-0.1, -0.05) is 68.3 Å². The maximum Gasteiger partial charge on any atom is 0.0574 e. The van der Waals surface area contributed by atoms with Crippen molar-refractivity contribution in [1.82, 2.24) is 0 Å². The predicted octanol–water partition coefficient (Wildman–Crippen LogP) is 4.26. The number of benzene rings is 2. The minimum atomic E-state index is -0.119. The molecule has 0 saturated carbocycles. The third-order valence-electron chi connectivity index (χ3n) is 2.48. The lowest BCUT2D eigenvalue weighted by Crippen LogP contribution is -2.12. The summed E-state index contributed by atoms with van der Waals surface area (Å²) in [6.07, 6.45) is 0. The third kappa shape index (κ3) is 2.37. The first kappa shape index (κ1) is 11.8. The Morgan fingerprint density at radius 2 is 1.12 bits per heavy atom. The van der Waals surface area contributed by atoms with Gasteiger partial charge in [0, 0.05) is 8.95 Å². The number of nitrogens with two attached hydrogens (primary N) is 1. The Morgan fingerprint density at radius 3 is 1.50 bits per heavy atom. The molecular weight excluding hydrogens is 330 g/mol. The molecule has 0 aromatic heterocycles. The molecular formula is C13H11Br2N. The van der Waals surface area contributed by atoms with Crippen LogP contribution < -0.4 is 5.73 Å². The van der Waals surface area contributed by atoms with Crippen molar-refractivity contribution >= 4 is 31.9 Å². The van der Waals surface area contributed by atoms with Gasteiger partial charge in [-0.05, 0) is 23.3 Å². The second-order valence-corrected chi connectivity index (χ2v) is 5.23. The summed E-state index contributed by atoms with van der Waals surface area (Å²) in [6.45, 7) is 0. The van der Waals surface area contributed by atoms with E-state index < -0.39 is 0 Å². The van der Waals surface area contributed by atoms with Gasteiger partial charge in [0.15, 0.2) is 0 Å². The topological polar surface area (TPSA) is 26.0 Å². The van der Waals surface area contributed by atoms with Crippen LogP contribution in [-0.2, 0) is 0 Å². The first-order valence-corrected chi connectivity index (χ1v) is 6.53. The molecule has 3 heteroatoms. The van der Waals surface area contributed by atoms with Gasteiger partial charge in [-0.3, -0.25) is 0 Å². The minimum absolute atomic E-state index is 0.119. The van der Waals surface area contributed by atoms with Crippen LogP contribution >= 0.6 is 31.9 Å². The van der Waals surface area contributed by atoms with E-state index in [2.05, 4.69) is 31.9 Å². The number of hydrogen-bond donors (Lipinski definition) is 1. The van der Waals surface area contributed by atoms with Gasteiger partial charge >= 0.3 is 0 Å². The van der Waals surface area contributed by atoms with E-state index in [0.717, 1.165) is 20.1 Å². The Bertz CT molecular complexity index is 451. The van der Waals surface area contributed by atoms with E-state index >= 15 is 0 Å². The van der Waals surface area contributed by atoms with E-state index in [1.54, 1.807) is 0 Å². The molecule has 0 fully saturated rings. The maximum atomic E-state index is 6.26. The highest BCUT2D eigenvalue weighted by atomic mass is 79.9. The first-order valence-electron chi connectivity index (χ1n) is 4.94. The molecule has 0 aliphatic carbocycles. The third-order valence-corrected chi connectivity index (χ3v) is 3.92. The first-order chi connectivity index (χ1) is 7.70. The summed E-state index contributed by atoms with van der Waals surface area (Å²) in [7, 11) is 0. The predicted molar refractivity (Wildman–Crippen MR) is 74.3 cm³/mol. The Morgan fingerprint density at radius 1 is 0.750 bits per heavy atom. The van der Waals surface area contributed by atoms with Crippen molar-refractivity contribution in [2.45, 2.75) is 6.04 Å². The summed E-state index contributed by atoms with van der Waals surface area (Å²) in [5.41, 5.74) is 8.44. The van der Waals surface area contributed by atoms with Gasteiger partial charge in [-0.2, -0.15) is 0 Å². The zero-order chi connectivity index (χ0) is 11.5. The molecule has 1 nitrogen and oxygen atoms in total. The van der Waals surface area contributed by atoms with Gasteiger partial charge in [0.1, 0.15) is 0 Å². The maximum absolute atomic E-state index is 6.26. The molecule has 0 radical (unpaired) electrons. The lowest BCUT2D eigenvalue weighted by molar-refractivity contribution is 0.860. The van der Waals surface area contributed by atoms with Crippen molar-refractivity contribution in [3.05, 3.63) is 68.6 Å². The van der Waals surface area contributed by atoms with Gasteiger partial charge < -0.3 is 5.73 Å². The van der Waals surface area contributed by atoms with E-state index in [-0.39, 0.29) is 6.04 Å². The molecule has 0 bridgehead atoms. The Hall–Kier alpha value is -0.640. The van der Waals surface area contributed by atoms with Crippen molar-refractivity contribution in [3.63, 3.8) is 0 Å². The highest BCUT2D eigenvalue weighted by Crippen LogP contribution is 2.30. The summed E-state index contributed by atoms with van der Waals surface area (Å²) in [5, 5.41) is 0. The SMILES string of the molecule is NC(c1ccccc1Br)c1ccccc1Br. The van der Waals surface area contributed by atoms with Crippen molar-refractivity contribution < 1.29 is 0 Å². The molecule has 0 heterocycles.